The van der Waals surface area contributed by atoms with Crippen molar-refractivity contribution in [1.29, 1.82) is 0 Å². The van der Waals surface area contributed by atoms with Crippen molar-refractivity contribution in [3.05, 3.63) is 77.6 Å². The number of furan rings is 1. The van der Waals surface area contributed by atoms with E-state index in [0.717, 1.165) is 29.8 Å². The molecule has 0 saturated carbocycles. The fourth-order valence-electron chi connectivity index (χ4n) is 5.88. The summed E-state index contributed by atoms with van der Waals surface area (Å²) in [6, 6.07) is 15.7. The van der Waals surface area contributed by atoms with Gasteiger partial charge >= 0.3 is 0 Å². The van der Waals surface area contributed by atoms with Gasteiger partial charge in [-0.3, -0.25) is 13.9 Å². The third-order valence-electron chi connectivity index (χ3n) is 8.00. The Morgan fingerprint density at radius 2 is 1.79 bits per heavy atom. The molecule has 0 bridgehead atoms. The van der Waals surface area contributed by atoms with Gasteiger partial charge in [-0.1, -0.05) is 26.0 Å². The van der Waals surface area contributed by atoms with Gasteiger partial charge in [0, 0.05) is 47.2 Å². The lowest BCUT2D eigenvalue weighted by Crippen LogP contribution is -2.35. The van der Waals surface area contributed by atoms with Gasteiger partial charge in [0.2, 0.25) is 10.0 Å². The first-order valence-corrected chi connectivity index (χ1v) is 16.3. The van der Waals surface area contributed by atoms with Crippen LogP contribution in [-0.2, 0) is 10.0 Å². The van der Waals surface area contributed by atoms with Crippen molar-refractivity contribution in [3.8, 4) is 22.5 Å². The Kier molecular flexibility index (Phi) is 8.69. The van der Waals surface area contributed by atoms with Gasteiger partial charge < -0.3 is 9.32 Å². The van der Waals surface area contributed by atoms with Crippen LogP contribution in [-0.4, -0.2) is 57.1 Å². The zero-order chi connectivity index (χ0) is 30.9. The Bertz CT molecular complexity index is 1780. The zero-order valence-electron chi connectivity index (χ0n) is 24.4. The fraction of sp³-hybridized carbons (Fsp3) is 0.333. The summed E-state index contributed by atoms with van der Waals surface area (Å²) in [6.07, 6.45) is 3.88. The minimum absolute atomic E-state index is 0.110. The summed E-state index contributed by atoms with van der Waals surface area (Å²) in [5, 5.41) is 0.431. The number of rotatable bonds is 10. The molecule has 10 heteroatoms. The average Bonchev–Trinajstić information content (AvgIpc) is 3.63. The summed E-state index contributed by atoms with van der Waals surface area (Å²) in [7, 11) is -3.94. The van der Waals surface area contributed by atoms with Crippen LogP contribution in [0.1, 0.15) is 60.2 Å². The maximum Gasteiger partial charge on any atom is 0.254 e. The van der Waals surface area contributed by atoms with Gasteiger partial charge in [0.1, 0.15) is 23.8 Å². The maximum absolute atomic E-state index is 13.7. The first-order chi connectivity index (χ1) is 20.6. The topological polar surface area (TPSA) is 87.9 Å². The van der Waals surface area contributed by atoms with E-state index in [1.807, 2.05) is 4.90 Å². The molecule has 5 rings (SSSR count). The zero-order valence-corrected chi connectivity index (χ0v) is 25.2. The number of hydrogen-bond acceptors (Lipinski definition) is 5. The molecule has 0 spiro atoms. The van der Waals surface area contributed by atoms with Crippen molar-refractivity contribution in [1.82, 2.24) is 4.90 Å². The van der Waals surface area contributed by atoms with E-state index in [4.69, 9.17) is 4.42 Å². The van der Waals surface area contributed by atoms with Crippen molar-refractivity contribution in [2.24, 2.45) is 0 Å². The second-order valence-corrected chi connectivity index (χ2v) is 12.7. The molecule has 2 heterocycles. The molecule has 1 unspecified atom stereocenters. The van der Waals surface area contributed by atoms with Crippen LogP contribution in [0.4, 0.5) is 14.5 Å². The van der Waals surface area contributed by atoms with Gasteiger partial charge in [0.05, 0.1) is 24.1 Å². The second-order valence-electron chi connectivity index (χ2n) is 10.8. The smallest absolute Gasteiger partial charge is 0.254 e. The highest BCUT2D eigenvalue weighted by Crippen LogP contribution is 2.42. The number of halogens is 2. The summed E-state index contributed by atoms with van der Waals surface area (Å²) in [6.45, 7) is 3.07. The fourth-order valence-corrected chi connectivity index (χ4v) is 6.79. The molecule has 1 fully saturated rings. The van der Waals surface area contributed by atoms with E-state index in [1.54, 1.807) is 37.3 Å². The number of fused-ring (bicyclic) bond motifs is 1. The molecule has 1 atom stereocenters. The second kappa shape index (κ2) is 12.3. The largest absolute Gasteiger partial charge is 0.455 e. The van der Waals surface area contributed by atoms with Crippen LogP contribution in [0.25, 0.3) is 33.4 Å². The molecule has 1 saturated heterocycles. The Morgan fingerprint density at radius 1 is 1.05 bits per heavy atom. The number of alkyl halides is 1. The first kappa shape index (κ1) is 30.4. The molecular weight excluding hydrogens is 574 g/mol. The molecule has 43 heavy (non-hydrogen) atoms. The normalized spacial score (nSPS) is 15.3. The molecule has 1 aliphatic rings. The molecule has 0 N–H and O–H groups in total. The molecule has 4 aromatic rings. The number of nitrogens with zero attached hydrogens (tertiary/aromatic N) is 2. The van der Waals surface area contributed by atoms with Gasteiger partial charge in [-0.25, -0.2) is 17.2 Å². The minimum atomic E-state index is -3.94. The van der Waals surface area contributed by atoms with Crippen molar-refractivity contribution >= 4 is 38.4 Å². The number of anilines is 1. The van der Waals surface area contributed by atoms with Crippen molar-refractivity contribution in [2.45, 2.75) is 45.6 Å². The number of carbonyl (C=O) groups excluding carboxylic acids is 2. The number of Topliss-reactive ketones (excluding diaryl/α,β-unsaturated/α-hetero) is 1. The number of hydrogen-bond donors (Lipinski definition) is 0. The number of likely N-dealkylation sites (tertiary alicyclic amines) is 1. The van der Waals surface area contributed by atoms with E-state index in [1.165, 1.54) is 30.3 Å². The molecule has 226 valence electrons. The summed E-state index contributed by atoms with van der Waals surface area (Å²) >= 11 is 0. The summed E-state index contributed by atoms with van der Waals surface area (Å²) in [5.74, 6) is -0.549. The Hall–Kier alpha value is -4.05. The Balaban J connectivity index is 1.76. The summed E-state index contributed by atoms with van der Waals surface area (Å²) < 4.78 is 60.4. The predicted molar refractivity (Wildman–Crippen MR) is 164 cm³/mol. The Labute approximate surface area is 250 Å². The highest BCUT2D eigenvalue weighted by Gasteiger charge is 2.30. The van der Waals surface area contributed by atoms with E-state index in [0.29, 0.717) is 34.2 Å². The number of carbonyl (C=O) groups is 2. The lowest BCUT2D eigenvalue weighted by molar-refractivity contribution is 0.0733. The molecule has 0 radical (unpaired) electrons. The van der Waals surface area contributed by atoms with Gasteiger partial charge in [-0.2, -0.15) is 0 Å². The highest BCUT2D eigenvalue weighted by atomic mass is 32.2. The van der Waals surface area contributed by atoms with Crippen LogP contribution in [0.5, 0.6) is 0 Å². The third-order valence-corrected chi connectivity index (χ3v) is 9.18. The maximum atomic E-state index is 13.7. The van der Waals surface area contributed by atoms with Gasteiger partial charge in [-0.15, -0.1) is 0 Å². The molecule has 3 aromatic carbocycles. The summed E-state index contributed by atoms with van der Waals surface area (Å²) in [5.41, 5.74) is 2.50. The average molecular weight is 609 g/mol. The van der Waals surface area contributed by atoms with Gasteiger partial charge in [0.25, 0.3) is 5.91 Å². The van der Waals surface area contributed by atoms with Crippen molar-refractivity contribution in [2.75, 3.05) is 30.3 Å². The van der Waals surface area contributed by atoms with E-state index in [2.05, 4.69) is 6.92 Å². The van der Waals surface area contributed by atoms with E-state index >= 15 is 0 Å². The number of benzene rings is 3. The van der Waals surface area contributed by atoms with Gasteiger partial charge in [0.15, 0.2) is 5.78 Å². The van der Waals surface area contributed by atoms with Crippen molar-refractivity contribution < 1.29 is 31.2 Å². The standard InChI is InChI=1S/C33H34F2N2O5S/c1-4-25-10-7-16-36(25)33(39)23-9-6-8-22(18-23)26-19-27-30(20-28(26)37(17-15-34)43(3,40)41)42-32(31(27)29(38)5-2)21-11-13-24(35)14-12-21/h6,8-9,11-14,18-20,25H,4-5,7,10,15-17H2,1-3H3. The van der Waals surface area contributed by atoms with Crippen LogP contribution in [0, 0.1) is 5.82 Å². The summed E-state index contributed by atoms with van der Waals surface area (Å²) in [4.78, 5) is 28.7. The van der Waals surface area contributed by atoms with Crippen LogP contribution in [0.2, 0.25) is 0 Å². The lowest BCUT2D eigenvalue weighted by atomic mass is 9.95. The van der Waals surface area contributed by atoms with Crippen LogP contribution in [0.3, 0.4) is 0 Å². The van der Waals surface area contributed by atoms with E-state index in [9.17, 15) is 26.8 Å². The number of sulfonamides is 1. The van der Waals surface area contributed by atoms with E-state index < -0.39 is 29.1 Å². The number of ketones is 1. The SMILES string of the molecule is CCC(=O)c1c(-c2ccc(F)cc2)oc2cc(N(CCF)S(C)(=O)=O)c(-c3cccc(C(=O)N4CCCC4CC)c3)cc12. The van der Waals surface area contributed by atoms with E-state index in [-0.39, 0.29) is 46.7 Å². The molecule has 0 aliphatic carbocycles. The molecule has 7 nitrogen and oxygen atoms in total. The van der Waals surface area contributed by atoms with Crippen LogP contribution < -0.4 is 4.31 Å². The first-order valence-electron chi connectivity index (χ1n) is 14.4. The lowest BCUT2D eigenvalue weighted by Gasteiger charge is -2.25. The third kappa shape index (κ3) is 5.93. The molecule has 1 amide bonds. The minimum Gasteiger partial charge on any atom is -0.455 e. The predicted octanol–water partition coefficient (Wildman–Crippen LogP) is 7.25. The van der Waals surface area contributed by atoms with Gasteiger partial charge in [-0.05, 0) is 67.3 Å². The number of amides is 1. The molecular formula is C33H34F2N2O5S. The highest BCUT2D eigenvalue weighted by molar-refractivity contribution is 7.92. The molecule has 1 aromatic heterocycles. The quantitative estimate of drug-likeness (QED) is 0.177. The van der Waals surface area contributed by atoms with Crippen LogP contribution in [0.15, 0.2) is 65.1 Å². The van der Waals surface area contributed by atoms with Crippen molar-refractivity contribution in [3.63, 3.8) is 0 Å². The monoisotopic (exact) mass is 608 g/mol. The molecule has 1 aliphatic heterocycles. The van der Waals surface area contributed by atoms with Crippen LogP contribution >= 0.6 is 0 Å². The Morgan fingerprint density at radius 3 is 2.44 bits per heavy atom.